The van der Waals surface area contributed by atoms with E-state index in [-0.39, 0.29) is 36.7 Å². The quantitative estimate of drug-likeness (QED) is 0.631. The molecule has 4 rings (SSSR count). The van der Waals surface area contributed by atoms with E-state index in [1.807, 2.05) is 0 Å². The van der Waals surface area contributed by atoms with Crippen molar-refractivity contribution in [3.05, 3.63) is 59.7 Å². The van der Waals surface area contributed by atoms with Crippen LogP contribution in [0.4, 0.5) is 19.3 Å². The molecule has 8 nitrogen and oxygen atoms in total. The number of aliphatic hydroxyl groups excluding tert-OH is 1. The van der Waals surface area contributed by atoms with Crippen molar-refractivity contribution >= 4 is 23.4 Å². The fraction of sp³-hybridized carbons (Fsp3) is 0.273. The smallest absolute Gasteiger partial charge is 0.414 e. The zero-order valence-electron chi connectivity index (χ0n) is 17.1. The number of hydroxylamine groups is 1. The number of carbonyl (C=O) groups excluding carboxylic acids is 2. The molecule has 32 heavy (non-hydrogen) atoms. The van der Waals surface area contributed by atoms with Crippen molar-refractivity contribution in [1.82, 2.24) is 10.8 Å². The van der Waals surface area contributed by atoms with Crippen LogP contribution < -0.4 is 15.7 Å². The highest BCUT2D eigenvalue weighted by molar-refractivity contribution is 5.90. The lowest BCUT2D eigenvalue weighted by atomic mass is 10.0. The van der Waals surface area contributed by atoms with Gasteiger partial charge in [-0.2, -0.15) is 0 Å². The normalized spacial score (nSPS) is 20.1. The van der Waals surface area contributed by atoms with Crippen LogP contribution in [0.2, 0.25) is 0 Å². The number of anilines is 1. The number of benzene rings is 2. The van der Waals surface area contributed by atoms with Crippen LogP contribution in [-0.2, 0) is 14.4 Å². The number of halogens is 2. The van der Waals surface area contributed by atoms with Crippen LogP contribution in [0.5, 0.6) is 0 Å². The molecule has 10 heteroatoms. The molecular weight excluding hydrogens is 424 g/mol. The molecule has 168 valence electrons. The Labute approximate surface area is 182 Å². The summed E-state index contributed by atoms with van der Waals surface area (Å²) in [4.78, 5) is 29.5. The molecule has 1 fully saturated rings. The molecule has 2 aromatic rings. The SMILES string of the molecule is CC(=O)NCC1CN(c2ccc(-c3ccc(C4=CC(CO)ON4)c(F)c3)c(F)c2)C(=O)O1. The zero-order chi connectivity index (χ0) is 22.8. The summed E-state index contributed by atoms with van der Waals surface area (Å²) in [6.07, 6.45) is -0.182. The molecular formula is C22H21F2N3O5. The first-order chi connectivity index (χ1) is 15.4. The number of aliphatic hydroxyl groups is 1. The molecule has 0 aliphatic carbocycles. The summed E-state index contributed by atoms with van der Waals surface area (Å²) >= 11 is 0. The van der Waals surface area contributed by atoms with Crippen LogP contribution in [0.25, 0.3) is 16.8 Å². The Balaban J connectivity index is 1.52. The number of rotatable bonds is 6. The third-order valence-electron chi connectivity index (χ3n) is 5.14. The van der Waals surface area contributed by atoms with Crippen LogP contribution >= 0.6 is 0 Å². The molecule has 0 spiro atoms. The Morgan fingerprint density at radius 1 is 1.22 bits per heavy atom. The maximum atomic E-state index is 14.9. The van der Waals surface area contributed by atoms with Gasteiger partial charge in [-0.1, -0.05) is 6.07 Å². The molecule has 3 N–H and O–H groups in total. The molecule has 2 unspecified atom stereocenters. The summed E-state index contributed by atoms with van der Waals surface area (Å²) in [6.45, 7) is 1.45. The zero-order valence-corrected chi connectivity index (χ0v) is 17.1. The first-order valence-corrected chi connectivity index (χ1v) is 9.92. The van der Waals surface area contributed by atoms with Gasteiger partial charge in [0.1, 0.15) is 23.8 Å². The monoisotopic (exact) mass is 445 g/mol. The second-order valence-electron chi connectivity index (χ2n) is 7.43. The number of ether oxygens (including phenoxy) is 1. The van der Waals surface area contributed by atoms with Gasteiger partial charge in [0.15, 0.2) is 0 Å². The number of carbonyl (C=O) groups is 2. The second-order valence-corrected chi connectivity index (χ2v) is 7.43. The minimum Gasteiger partial charge on any atom is -0.442 e. The van der Waals surface area contributed by atoms with Gasteiger partial charge in [-0.25, -0.2) is 13.6 Å². The highest BCUT2D eigenvalue weighted by Gasteiger charge is 2.32. The lowest BCUT2D eigenvalue weighted by Gasteiger charge is -2.15. The number of hydrogen-bond donors (Lipinski definition) is 3. The van der Waals surface area contributed by atoms with Gasteiger partial charge in [-0.3, -0.25) is 20.0 Å². The molecule has 1 saturated heterocycles. The van der Waals surface area contributed by atoms with Crippen LogP contribution in [0.3, 0.4) is 0 Å². The minimum absolute atomic E-state index is 0.166. The van der Waals surface area contributed by atoms with E-state index >= 15 is 0 Å². The van der Waals surface area contributed by atoms with E-state index in [0.29, 0.717) is 16.9 Å². The number of amides is 2. The van der Waals surface area contributed by atoms with E-state index in [4.69, 9.17) is 14.7 Å². The van der Waals surface area contributed by atoms with Gasteiger partial charge in [-0.15, -0.1) is 0 Å². The molecule has 2 amide bonds. The maximum absolute atomic E-state index is 14.9. The largest absolute Gasteiger partial charge is 0.442 e. The second kappa shape index (κ2) is 8.93. The summed E-state index contributed by atoms with van der Waals surface area (Å²) in [7, 11) is 0. The van der Waals surface area contributed by atoms with Gasteiger partial charge in [0.25, 0.3) is 0 Å². The highest BCUT2D eigenvalue weighted by atomic mass is 19.1. The number of nitrogens with zero attached hydrogens (tertiary/aromatic N) is 1. The standard InChI is InChI=1S/C22H21F2N3O5/c1-12(29)25-9-16-10-27(22(30)31-16)14-3-5-17(20(24)7-14)13-2-4-18(19(23)6-13)21-8-15(11-28)32-26-21/h2-8,15-16,26,28H,9-11H2,1H3,(H,25,29). The molecule has 2 aromatic carbocycles. The van der Waals surface area contributed by atoms with Crippen molar-refractivity contribution in [2.45, 2.75) is 19.1 Å². The van der Waals surface area contributed by atoms with Crippen LogP contribution in [0.15, 0.2) is 42.5 Å². The fourth-order valence-electron chi connectivity index (χ4n) is 3.53. The molecule has 2 aliphatic rings. The minimum atomic E-state index is -0.636. The molecule has 0 saturated carbocycles. The Morgan fingerprint density at radius 2 is 1.97 bits per heavy atom. The number of cyclic esters (lactones) is 1. The molecule has 2 atom stereocenters. The Kier molecular flexibility index (Phi) is 6.06. The van der Waals surface area contributed by atoms with Crippen molar-refractivity contribution < 1.29 is 33.1 Å². The lowest BCUT2D eigenvalue weighted by Crippen LogP contribution is -2.33. The van der Waals surface area contributed by atoms with Crippen molar-refractivity contribution in [2.75, 3.05) is 24.6 Å². The van der Waals surface area contributed by atoms with Gasteiger partial charge in [0, 0.05) is 18.1 Å². The van der Waals surface area contributed by atoms with Gasteiger partial charge < -0.3 is 15.2 Å². The van der Waals surface area contributed by atoms with Crippen LogP contribution in [-0.4, -0.2) is 49.0 Å². The Morgan fingerprint density at radius 3 is 2.62 bits per heavy atom. The van der Waals surface area contributed by atoms with Gasteiger partial charge in [0.2, 0.25) is 5.91 Å². The number of hydrogen-bond acceptors (Lipinski definition) is 6. The Hall–Kier alpha value is -3.50. The predicted molar refractivity (Wildman–Crippen MR) is 111 cm³/mol. The summed E-state index contributed by atoms with van der Waals surface area (Å²) in [5.74, 6) is -1.46. The lowest BCUT2D eigenvalue weighted by molar-refractivity contribution is -0.119. The summed E-state index contributed by atoms with van der Waals surface area (Å²) in [6, 6.07) is 8.46. The maximum Gasteiger partial charge on any atom is 0.414 e. The molecule has 0 bridgehead atoms. The number of nitrogens with one attached hydrogen (secondary N) is 2. The molecule has 2 heterocycles. The topological polar surface area (TPSA) is 100 Å². The Bertz CT molecular complexity index is 1090. The molecule has 2 aliphatic heterocycles. The third-order valence-corrected chi connectivity index (χ3v) is 5.14. The molecule has 0 aromatic heterocycles. The van der Waals surface area contributed by atoms with Gasteiger partial charge in [0.05, 0.1) is 31.1 Å². The van der Waals surface area contributed by atoms with Gasteiger partial charge >= 0.3 is 6.09 Å². The van der Waals surface area contributed by atoms with E-state index < -0.39 is 29.9 Å². The van der Waals surface area contributed by atoms with Crippen LogP contribution in [0, 0.1) is 11.6 Å². The summed E-state index contributed by atoms with van der Waals surface area (Å²) in [5, 5.41) is 11.7. The first-order valence-electron chi connectivity index (χ1n) is 9.92. The third kappa shape index (κ3) is 4.41. The summed E-state index contributed by atoms with van der Waals surface area (Å²) < 4.78 is 34.7. The fourth-order valence-corrected chi connectivity index (χ4v) is 3.53. The predicted octanol–water partition coefficient (Wildman–Crippen LogP) is 2.33. The van der Waals surface area contributed by atoms with Crippen molar-refractivity contribution in [3.63, 3.8) is 0 Å². The van der Waals surface area contributed by atoms with E-state index in [0.717, 1.165) is 0 Å². The van der Waals surface area contributed by atoms with Crippen molar-refractivity contribution in [2.24, 2.45) is 0 Å². The molecule has 0 radical (unpaired) electrons. The van der Waals surface area contributed by atoms with E-state index in [2.05, 4.69) is 10.8 Å². The van der Waals surface area contributed by atoms with E-state index in [1.165, 1.54) is 36.1 Å². The average molecular weight is 445 g/mol. The van der Waals surface area contributed by atoms with Gasteiger partial charge in [-0.05, 0) is 42.0 Å². The van der Waals surface area contributed by atoms with Crippen molar-refractivity contribution in [1.29, 1.82) is 0 Å². The average Bonchev–Trinajstić information content (AvgIpc) is 3.38. The van der Waals surface area contributed by atoms with E-state index in [1.54, 1.807) is 18.2 Å². The van der Waals surface area contributed by atoms with Crippen LogP contribution in [0.1, 0.15) is 12.5 Å². The highest BCUT2D eigenvalue weighted by Crippen LogP contribution is 2.31. The van der Waals surface area contributed by atoms with Crippen molar-refractivity contribution in [3.8, 4) is 11.1 Å². The van der Waals surface area contributed by atoms with E-state index in [9.17, 15) is 18.4 Å². The first kappa shape index (κ1) is 21.7. The summed E-state index contributed by atoms with van der Waals surface area (Å²) in [5.41, 5.74) is 3.95.